The van der Waals surface area contributed by atoms with Crippen LogP contribution in [0.25, 0.3) is 0 Å². The monoisotopic (exact) mass is 213 g/mol. The van der Waals surface area contributed by atoms with Crippen LogP contribution in [0.5, 0.6) is 0 Å². The Hall–Kier alpha value is -0.610. The summed E-state index contributed by atoms with van der Waals surface area (Å²) in [5.74, 6) is -3.72. The van der Waals surface area contributed by atoms with Crippen molar-refractivity contribution in [2.75, 3.05) is 7.11 Å². The van der Waals surface area contributed by atoms with Gasteiger partial charge in [-0.15, -0.1) is 0 Å². The number of carbonyl (C=O) groups is 1. The van der Waals surface area contributed by atoms with Crippen molar-refractivity contribution in [2.24, 2.45) is 5.92 Å². The van der Waals surface area contributed by atoms with Gasteiger partial charge in [0.15, 0.2) is 0 Å². The van der Waals surface area contributed by atoms with E-state index >= 15 is 0 Å². The van der Waals surface area contributed by atoms with E-state index in [1.54, 1.807) is 0 Å². The molecule has 1 saturated heterocycles. The van der Waals surface area contributed by atoms with E-state index in [1.165, 1.54) is 0 Å². The molecule has 1 heterocycles. The third-order valence-corrected chi connectivity index (χ3v) is 2.19. The van der Waals surface area contributed by atoms with Crippen LogP contribution in [0.1, 0.15) is 50.3 Å². The largest absolute Gasteiger partial charge is 0.469 e. The summed E-state index contributed by atoms with van der Waals surface area (Å²) in [5, 5.41) is 9.94. The van der Waals surface area contributed by atoms with Crippen molar-refractivity contribution >= 4 is 5.97 Å². The second-order valence-electron chi connectivity index (χ2n) is 3.22. The second kappa shape index (κ2) is 3.21. The van der Waals surface area contributed by atoms with Gasteiger partial charge in [0, 0.05) is 22.0 Å². The molecule has 1 rings (SSSR count). The molecule has 0 aromatic carbocycles. The highest BCUT2D eigenvalue weighted by atomic mass is 16.5. The summed E-state index contributed by atoms with van der Waals surface area (Å²) in [6.45, 7) is -14.4. The first kappa shape index (κ1) is 3.19. The van der Waals surface area contributed by atoms with Crippen molar-refractivity contribution in [3.05, 3.63) is 0 Å². The number of ether oxygens (including phenoxy) is 1. The minimum absolute atomic E-state index is 0.651. The molecule has 0 aliphatic carbocycles. The van der Waals surface area contributed by atoms with Gasteiger partial charge in [-0.3, -0.25) is 4.79 Å². The Morgan fingerprint density at radius 3 is 2.64 bits per heavy atom. The van der Waals surface area contributed by atoms with Crippen molar-refractivity contribution in [3.8, 4) is 0 Å². The Morgan fingerprint density at radius 2 is 2.21 bits per heavy atom. The van der Waals surface area contributed by atoms with Gasteiger partial charge in [-0.25, -0.2) is 0 Å². The molecule has 14 heavy (non-hydrogen) atoms. The van der Waals surface area contributed by atoms with Gasteiger partial charge < -0.3 is 9.94 Å². The van der Waals surface area contributed by atoms with Gasteiger partial charge >= 0.3 is 5.97 Å². The van der Waals surface area contributed by atoms with E-state index in [1.807, 2.05) is 0 Å². The molecule has 0 aromatic rings. The standard InChI is InChI=1S/C10H19NO3/c1-9(2)6-7(8(12)14-5)10(3,4)11(9)13/h7,13H,6H2,1-5H3/i1D3,2D3,3D3,4D3. The van der Waals surface area contributed by atoms with Crippen LogP contribution in [-0.4, -0.2) is 34.4 Å². The van der Waals surface area contributed by atoms with Crippen LogP contribution in [0.4, 0.5) is 0 Å². The zero-order valence-corrected chi connectivity index (χ0v) is 7.50. The highest BCUT2D eigenvalue weighted by Gasteiger charge is 2.54. The molecular formula is C10H19NO3. The van der Waals surface area contributed by atoms with Gasteiger partial charge in [0.25, 0.3) is 0 Å². The minimum atomic E-state index is -3.66. The lowest BCUT2D eigenvalue weighted by Crippen LogP contribution is -2.48. The van der Waals surface area contributed by atoms with Crippen LogP contribution in [0.2, 0.25) is 0 Å². The topological polar surface area (TPSA) is 49.8 Å². The number of nitrogens with zero attached hydrogens (tertiary/aromatic N) is 1. The van der Waals surface area contributed by atoms with E-state index < -0.39 is 61.9 Å². The lowest BCUT2D eigenvalue weighted by molar-refractivity contribution is -0.199. The van der Waals surface area contributed by atoms with Crippen molar-refractivity contribution < 1.29 is 31.2 Å². The van der Waals surface area contributed by atoms with Crippen LogP contribution >= 0.6 is 0 Å². The molecule has 4 nitrogen and oxygen atoms in total. The van der Waals surface area contributed by atoms with Crippen molar-refractivity contribution in [1.29, 1.82) is 0 Å². The van der Waals surface area contributed by atoms with Gasteiger partial charge in [0.1, 0.15) is 0 Å². The maximum absolute atomic E-state index is 12.2. The Morgan fingerprint density at radius 1 is 1.57 bits per heavy atom. The molecule has 1 atom stereocenters. The summed E-state index contributed by atoms with van der Waals surface area (Å²) in [6.07, 6.45) is -1.28. The third kappa shape index (κ3) is 1.53. The molecule has 0 saturated carbocycles. The van der Waals surface area contributed by atoms with Crippen LogP contribution < -0.4 is 0 Å². The first-order chi connectivity index (χ1) is 11.2. The summed E-state index contributed by atoms with van der Waals surface area (Å²) in [6, 6.07) is 0. The molecule has 82 valence electrons. The molecule has 1 fully saturated rings. The van der Waals surface area contributed by atoms with Crippen molar-refractivity contribution in [3.63, 3.8) is 0 Å². The van der Waals surface area contributed by atoms with Crippen LogP contribution in [0.15, 0.2) is 0 Å². The molecule has 1 aliphatic heterocycles. The van der Waals surface area contributed by atoms with Gasteiger partial charge in [0.2, 0.25) is 0 Å². The van der Waals surface area contributed by atoms with E-state index in [0.717, 1.165) is 7.11 Å². The molecule has 1 aliphatic rings. The maximum atomic E-state index is 12.2. The summed E-state index contributed by atoms with van der Waals surface area (Å²) in [5.41, 5.74) is -6.79. The minimum Gasteiger partial charge on any atom is -0.469 e. The average Bonchev–Trinajstić information content (AvgIpc) is 2.67. The van der Waals surface area contributed by atoms with Gasteiger partial charge in [-0.1, -0.05) is 0 Å². The third-order valence-electron chi connectivity index (χ3n) is 2.19. The van der Waals surface area contributed by atoms with E-state index in [0.29, 0.717) is 0 Å². The normalized spacial score (nSPS) is 46.6. The summed E-state index contributed by atoms with van der Waals surface area (Å²) in [4.78, 5) is 12.2. The number of esters is 1. The Labute approximate surface area is 102 Å². The number of carbonyl (C=O) groups excluding carboxylic acids is 1. The fraction of sp³-hybridized carbons (Fsp3) is 0.900. The molecule has 4 heteroatoms. The molecule has 0 spiro atoms. The lowest BCUT2D eigenvalue weighted by Gasteiger charge is -2.35. The van der Waals surface area contributed by atoms with Crippen molar-refractivity contribution in [2.45, 2.75) is 44.9 Å². The van der Waals surface area contributed by atoms with Crippen LogP contribution in [0.3, 0.4) is 0 Å². The smallest absolute Gasteiger partial charge is 0.310 e. The molecular weight excluding hydrogens is 182 g/mol. The molecule has 0 amide bonds. The molecule has 0 radical (unpaired) electrons. The zero-order valence-electron chi connectivity index (χ0n) is 19.5. The fourth-order valence-corrected chi connectivity index (χ4v) is 1.37. The second-order valence-corrected chi connectivity index (χ2v) is 3.22. The van der Waals surface area contributed by atoms with Crippen LogP contribution in [0, 0.1) is 5.92 Å². The zero-order chi connectivity index (χ0) is 21.1. The first-order valence-electron chi connectivity index (χ1n) is 9.80. The average molecular weight is 213 g/mol. The van der Waals surface area contributed by atoms with E-state index in [9.17, 15) is 10.0 Å². The maximum Gasteiger partial charge on any atom is 0.310 e. The summed E-state index contributed by atoms with van der Waals surface area (Å²) >= 11 is 0. The van der Waals surface area contributed by atoms with Crippen molar-refractivity contribution in [1.82, 2.24) is 5.06 Å². The number of methoxy groups -OCH3 is 1. The molecule has 0 aromatic heterocycles. The fourth-order valence-electron chi connectivity index (χ4n) is 1.37. The van der Waals surface area contributed by atoms with Crippen LogP contribution in [-0.2, 0) is 9.53 Å². The SMILES string of the molecule is [2H]C([2H])([2H])C1(C([2H])([2H])[2H])CC(C(=O)OC)C(C([2H])([2H])[2H])(C([2H])([2H])[2H])N1O. The van der Waals surface area contributed by atoms with E-state index in [4.69, 9.17) is 16.4 Å². The Kier molecular flexibility index (Phi) is 0.730. The molecule has 1 unspecified atom stereocenters. The summed E-state index contributed by atoms with van der Waals surface area (Å²) < 4.78 is 95.8. The number of hydrogen-bond donors (Lipinski definition) is 1. The van der Waals surface area contributed by atoms with Gasteiger partial charge in [-0.2, -0.15) is 5.06 Å². The lowest BCUT2D eigenvalue weighted by atomic mass is 9.87. The highest BCUT2D eigenvalue weighted by Crippen LogP contribution is 2.43. The predicted octanol–water partition coefficient (Wildman–Crippen LogP) is 1.43. The number of rotatable bonds is 1. The predicted molar refractivity (Wildman–Crippen MR) is 51.9 cm³/mol. The van der Waals surface area contributed by atoms with Gasteiger partial charge in [-0.05, 0) is 33.8 Å². The van der Waals surface area contributed by atoms with E-state index in [2.05, 4.69) is 4.74 Å². The molecule has 0 bridgehead atoms. The first-order valence-corrected chi connectivity index (χ1v) is 3.80. The van der Waals surface area contributed by atoms with Gasteiger partial charge in [0.05, 0.1) is 18.6 Å². The Bertz CT molecular complexity index is 532. The highest BCUT2D eigenvalue weighted by molar-refractivity contribution is 5.74. The quantitative estimate of drug-likeness (QED) is 0.669. The van der Waals surface area contributed by atoms with E-state index in [-0.39, 0.29) is 0 Å². The molecule has 1 N–H and O–H groups in total. The number of hydroxylamine groups is 2. The number of hydrogen-bond acceptors (Lipinski definition) is 4. The summed E-state index contributed by atoms with van der Waals surface area (Å²) in [7, 11) is 0.804. The Balaban J connectivity index is 4.03.